The number of carboxylic acid groups (broad SMARTS) is 1. The molecule has 0 radical (unpaired) electrons. The van der Waals surface area contributed by atoms with Crippen LogP contribution in [0.5, 0.6) is 0 Å². The number of halogens is 1. The summed E-state index contributed by atoms with van der Waals surface area (Å²) in [5.74, 6) is 0.774. The van der Waals surface area contributed by atoms with Gasteiger partial charge in [-0.15, -0.1) is 5.10 Å². The predicted octanol–water partition coefficient (Wildman–Crippen LogP) is 2.78. The number of ether oxygens (including phenoxy) is 1. The number of nitrogens with one attached hydrogen (secondary N) is 1. The van der Waals surface area contributed by atoms with Crippen LogP contribution in [0.25, 0.3) is 6.08 Å². The van der Waals surface area contributed by atoms with Crippen LogP contribution in [0.2, 0.25) is 0 Å². The molecule has 2 N–H and O–H groups in total. The number of morpholine rings is 1. The van der Waals surface area contributed by atoms with E-state index >= 15 is 0 Å². The molecule has 1 saturated heterocycles. The van der Waals surface area contributed by atoms with Crippen LogP contribution >= 0.6 is 27.7 Å². The Morgan fingerprint density at radius 2 is 2.28 bits per heavy atom. The number of aryl methyl sites for hydroxylation is 1. The lowest BCUT2D eigenvalue weighted by Crippen LogP contribution is -2.36. The van der Waals surface area contributed by atoms with Crippen molar-refractivity contribution in [1.29, 1.82) is 0 Å². The third-order valence-electron chi connectivity index (χ3n) is 3.52. The number of aromatic nitrogens is 3. The van der Waals surface area contributed by atoms with Crippen molar-refractivity contribution in [2.24, 2.45) is 0 Å². The number of aliphatic carboxylic acids is 1. The molecule has 0 bridgehead atoms. The monoisotopic (exact) mass is 428 g/mol. The zero-order valence-electron chi connectivity index (χ0n) is 13.5. The van der Waals surface area contributed by atoms with Crippen LogP contribution in [0.1, 0.15) is 18.5 Å². The number of aromatic amines is 1. The van der Waals surface area contributed by atoms with Crippen LogP contribution in [-0.2, 0) is 16.0 Å². The van der Waals surface area contributed by atoms with Crippen molar-refractivity contribution < 1.29 is 19.1 Å². The highest BCUT2D eigenvalue weighted by atomic mass is 79.9. The summed E-state index contributed by atoms with van der Waals surface area (Å²) in [4.78, 5) is 17.9. The number of furan rings is 1. The fraction of sp³-hybridized carbons (Fsp3) is 0.400. The van der Waals surface area contributed by atoms with Gasteiger partial charge in [0.2, 0.25) is 11.0 Å². The van der Waals surface area contributed by atoms with Gasteiger partial charge in [0.1, 0.15) is 16.5 Å². The van der Waals surface area contributed by atoms with Crippen LogP contribution in [0.4, 0.5) is 5.88 Å². The molecule has 2 aromatic rings. The Bertz CT molecular complexity index is 782. The van der Waals surface area contributed by atoms with E-state index in [-0.39, 0.29) is 4.91 Å². The summed E-state index contributed by atoms with van der Waals surface area (Å²) in [7, 11) is 0. The first-order valence-corrected chi connectivity index (χ1v) is 9.34. The quantitative estimate of drug-likeness (QED) is 0.534. The Hall–Kier alpha value is -1.78. The second kappa shape index (κ2) is 8.07. The standard InChI is InChI=1S/C15H17BrN4O4S/c1-2-12-17-15(19-18-12)25-11(14(21)22)8-9-7-10(16)13(24-9)20-3-5-23-6-4-20/h7-8H,2-6H2,1H3,(H,21,22)(H,17,18,19)/b11-8-. The molecular formula is C15H17BrN4O4S. The highest BCUT2D eigenvalue weighted by molar-refractivity contribution is 9.10. The minimum Gasteiger partial charge on any atom is -0.477 e. The molecule has 0 aliphatic carbocycles. The first kappa shape index (κ1) is 18.0. The summed E-state index contributed by atoms with van der Waals surface area (Å²) in [6.07, 6.45) is 2.18. The van der Waals surface area contributed by atoms with E-state index in [0.717, 1.165) is 29.3 Å². The van der Waals surface area contributed by atoms with Gasteiger partial charge in [-0.05, 0) is 27.7 Å². The second-order valence-corrected chi connectivity index (χ2v) is 7.10. The fourth-order valence-electron chi connectivity index (χ4n) is 2.27. The minimum atomic E-state index is -1.06. The molecule has 1 aliphatic rings. The molecule has 0 aromatic carbocycles. The van der Waals surface area contributed by atoms with Crippen LogP contribution in [0.15, 0.2) is 25.0 Å². The van der Waals surface area contributed by atoms with Crippen molar-refractivity contribution in [1.82, 2.24) is 15.2 Å². The molecule has 0 amide bonds. The van der Waals surface area contributed by atoms with Crippen LogP contribution in [0, 0.1) is 0 Å². The maximum atomic E-state index is 11.5. The maximum absolute atomic E-state index is 11.5. The molecule has 1 fully saturated rings. The first-order chi connectivity index (χ1) is 12.1. The summed E-state index contributed by atoms with van der Waals surface area (Å²) in [5.41, 5.74) is 0. The topological polar surface area (TPSA) is 104 Å². The lowest BCUT2D eigenvalue weighted by Gasteiger charge is -2.26. The van der Waals surface area contributed by atoms with Crippen LogP contribution in [-0.4, -0.2) is 52.6 Å². The maximum Gasteiger partial charge on any atom is 0.342 e. The van der Waals surface area contributed by atoms with Crippen molar-refractivity contribution in [2.45, 2.75) is 18.5 Å². The van der Waals surface area contributed by atoms with E-state index in [1.165, 1.54) is 6.08 Å². The molecular weight excluding hydrogens is 412 g/mol. The van der Waals surface area contributed by atoms with E-state index in [0.29, 0.717) is 42.3 Å². The zero-order valence-corrected chi connectivity index (χ0v) is 15.9. The molecule has 3 rings (SSSR count). The summed E-state index contributed by atoms with van der Waals surface area (Å²) < 4.78 is 11.9. The fourth-order valence-corrected chi connectivity index (χ4v) is 3.54. The summed E-state index contributed by atoms with van der Waals surface area (Å²) in [5, 5.41) is 16.6. The van der Waals surface area contributed by atoms with Gasteiger partial charge in [-0.25, -0.2) is 9.78 Å². The Balaban J connectivity index is 1.81. The Kier molecular flexibility index (Phi) is 5.82. The molecule has 1 aliphatic heterocycles. The highest BCUT2D eigenvalue weighted by Crippen LogP contribution is 2.33. The van der Waals surface area contributed by atoms with Gasteiger partial charge in [0, 0.05) is 31.7 Å². The van der Waals surface area contributed by atoms with E-state index in [2.05, 4.69) is 36.0 Å². The summed E-state index contributed by atoms with van der Waals surface area (Å²) in [6.45, 7) is 4.67. The molecule has 10 heteroatoms. The summed E-state index contributed by atoms with van der Waals surface area (Å²) >= 11 is 4.45. The van der Waals surface area contributed by atoms with E-state index in [1.807, 2.05) is 6.92 Å². The van der Waals surface area contributed by atoms with Gasteiger partial charge in [0.15, 0.2) is 0 Å². The predicted molar refractivity (Wildman–Crippen MR) is 96.7 cm³/mol. The number of hydrogen-bond donors (Lipinski definition) is 2. The first-order valence-electron chi connectivity index (χ1n) is 7.73. The number of thioether (sulfide) groups is 1. The molecule has 0 spiro atoms. The smallest absolute Gasteiger partial charge is 0.342 e. The van der Waals surface area contributed by atoms with Crippen molar-refractivity contribution in [3.8, 4) is 0 Å². The summed E-state index contributed by atoms with van der Waals surface area (Å²) in [6, 6.07) is 1.75. The lowest BCUT2D eigenvalue weighted by molar-refractivity contribution is -0.131. The van der Waals surface area contributed by atoms with Crippen molar-refractivity contribution in [3.05, 3.63) is 27.0 Å². The van der Waals surface area contributed by atoms with E-state index in [1.54, 1.807) is 6.07 Å². The number of H-pyrrole nitrogens is 1. The van der Waals surface area contributed by atoms with Crippen LogP contribution < -0.4 is 4.90 Å². The number of hydrogen-bond acceptors (Lipinski definition) is 7. The third-order valence-corrected chi connectivity index (χ3v) is 4.96. The van der Waals surface area contributed by atoms with E-state index in [4.69, 9.17) is 9.15 Å². The van der Waals surface area contributed by atoms with Crippen molar-refractivity contribution in [3.63, 3.8) is 0 Å². The number of carboxylic acids is 1. The number of carbonyl (C=O) groups is 1. The molecule has 0 atom stereocenters. The van der Waals surface area contributed by atoms with Crippen LogP contribution in [0.3, 0.4) is 0 Å². The molecule has 134 valence electrons. The van der Waals surface area contributed by atoms with E-state index < -0.39 is 5.97 Å². The van der Waals surface area contributed by atoms with Crippen molar-refractivity contribution in [2.75, 3.05) is 31.2 Å². The van der Waals surface area contributed by atoms with E-state index in [9.17, 15) is 9.90 Å². The number of nitrogens with zero attached hydrogens (tertiary/aromatic N) is 3. The average Bonchev–Trinajstić information content (AvgIpc) is 3.21. The Labute approximate surface area is 156 Å². The van der Waals surface area contributed by atoms with Gasteiger partial charge in [0.05, 0.1) is 17.7 Å². The average molecular weight is 429 g/mol. The van der Waals surface area contributed by atoms with Crippen molar-refractivity contribution >= 4 is 45.6 Å². The normalized spacial score (nSPS) is 15.6. The Morgan fingerprint density at radius 1 is 1.52 bits per heavy atom. The van der Waals surface area contributed by atoms with Gasteiger partial charge in [0.25, 0.3) is 0 Å². The SMILES string of the molecule is CCc1nc(S/C(=C\c2cc(Br)c(N3CCOCC3)o2)C(=O)O)n[nH]1. The minimum absolute atomic E-state index is 0.0800. The Morgan fingerprint density at radius 3 is 2.92 bits per heavy atom. The number of rotatable bonds is 6. The van der Waals surface area contributed by atoms with Gasteiger partial charge in [-0.2, -0.15) is 0 Å². The molecule has 0 saturated carbocycles. The lowest BCUT2D eigenvalue weighted by atomic mass is 10.4. The molecule has 8 nitrogen and oxygen atoms in total. The van der Waals surface area contributed by atoms with Gasteiger partial charge in [-0.1, -0.05) is 6.92 Å². The largest absolute Gasteiger partial charge is 0.477 e. The van der Waals surface area contributed by atoms with Gasteiger partial charge >= 0.3 is 5.97 Å². The highest BCUT2D eigenvalue weighted by Gasteiger charge is 2.20. The molecule has 25 heavy (non-hydrogen) atoms. The molecule has 3 heterocycles. The van der Waals surface area contributed by atoms with Gasteiger partial charge in [-0.3, -0.25) is 5.10 Å². The second-order valence-electron chi connectivity index (χ2n) is 5.24. The zero-order chi connectivity index (χ0) is 17.8. The number of anilines is 1. The molecule has 2 aromatic heterocycles. The van der Waals surface area contributed by atoms with Gasteiger partial charge < -0.3 is 19.2 Å². The molecule has 0 unspecified atom stereocenters. The third kappa shape index (κ3) is 4.44.